The van der Waals surface area contributed by atoms with Crippen LogP contribution < -0.4 is 5.48 Å². The summed E-state index contributed by atoms with van der Waals surface area (Å²) < 4.78 is 0. The number of nitrogens with one attached hydrogen (secondary N) is 1. The van der Waals surface area contributed by atoms with Crippen molar-refractivity contribution in [2.45, 2.75) is 57.2 Å². The lowest BCUT2D eigenvalue weighted by molar-refractivity contribution is -0.140. The van der Waals surface area contributed by atoms with E-state index in [2.05, 4.69) is 12.6 Å². The molecule has 5 nitrogen and oxygen atoms in total. The van der Waals surface area contributed by atoms with Gasteiger partial charge in [0.1, 0.15) is 0 Å². The van der Waals surface area contributed by atoms with Crippen LogP contribution in [0.2, 0.25) is 0 Å². The predicted octanol–water partition coefficient (Wildman–Crippen LogP) is 1.61. The molecular weight excluding hydrogens is 264 g/mol. The van der Waals surface area contributed by atoms with Crippen molar-refractivity contribution in [3.8, 4) is 0 Å². The Balaban J connectivity index is 2.77. The second-order valence-corrected chi connectivity index (χ2v) is 5.75. The standard InChI is InChI=1S/C13H24N2O3S/c1-3-4-7-10(11(19)12(16)14-18)13(17)15-8-5-6-9(15)2/h9-11,18-19H,3-8H2,1-2H3,(H,14,16)/t9-,10-,11-/m1/s1. The molecule has 0 aromatic carbocycles. The number of hydrogen-bond acceptors (Lipinski definition) is 4. The highest BCUT2D eigenvalue weighted by atomic mass is 32.1. The van der Waals surface area contributed by atoms with Crippen molar-refractivity contribution < 1.29 is 14.8 Å². The number of thiol groups is 1. The van der Waals surface area contributed by atoms with Gasteiger partial charge in [0, 0.05) is 12.6 Å². The summed E-state index contributed by atoms with van der Waals surface area (Å²) in [6, 6.07) is 0.231. The Bertz CT molecular complexity index is 325. The zero-order valence-corrected chi connectivity index (χ0v) is 12.5. The van der Waals surface area contributed by atoms with E-state index in [4.69, 9.17) is 5.21 Å². The molecule has 2 N–H and O–H groups in total. The molecule has 1 fully saturated rings. The Hall–Kier alpha value is -0.750. The van der Waals surface area contributed by atoms with Gasteiger partial charge in [0.05, 0.1) is 11.2 Å². The third-order valence-electron chi connectivity index (χ3n) is 3.78. The van der Waals surface area contributed by atoms with Crippen molar-refractivity contribution in [1.82, 2.24) is 10.4 Å². The van der Waals surface area contributed by atoms with Crippen LogP contribution in [0.3, 0.4) is 0 Å². The quantitative estimate of drug-likeness (QED) is 0.395. The van der Waals surface area contributed by atoms with E-state index in [1.54, 1.807) is 5.48 Å². The van der Waals surface area contributed by atoms with Crippen molar-refractivity contribution in [1.29, 1.82) is 0 Å². The van der Waals surface area contributed by atoms with E-state index in [1.807, 2.05) is 18.7 Å². The third kappa shape index (κ3) is 4.11. The Labute approximate surface area is 120 Å². The normalized spacial score (nSPS) is 22.1. The third-order valence-corrected chi connectivity index (χ3v) is 4.38. The number of carbonyl (C=O) groups is 2. The molecule has 3 atom stereocenters. The summed E-state index contributed by atoms with van der Waals surface area (Å²) in [5, 5.41) is 7.91. The predicted molar refractivity (Wildman–Crippen MR) is 76.1 cm³/mol. The first-order valence-corrected chi connectivity index (χ1v) is 7.47. The summed E-state index contributed by atoms with van der Waals surface area (Å²) in [6.45, 7) is 4.82. The van der Waals surface area contributed by atoms with Crippen LogP contribution in [0.25, 0.3) is 0 Å². The number of nitrogens with zero attached hydrogens (tertiary/aromatic N) is 1. The van der Waals surface area contributed by atoms with Crippen LogP contribution >= 0.6 is 12.6 Å². The molecule has 6 heteroatoms. The largest absolute Gasteiger partial charge is 0.340 e. The lowest BCUT2D eigenvalue weighted by atomic mass is 9.95. The van der Waals surface area contributed by atoms with Gasteiger partial charge < -0.3 is 4.90 Å². The van der Waals surface area contributed by atoms with E-state index in [9.17, 15) is 9.59 Å². The van der Waals surface area contributed by atoms with Crippen molar-refractivity contribution in [3.63, 3.8) is 0 Å². The molecule has 1 aliphatic rings. The van der Waals surface area contributed by atoms with Gasteiger partial charge >= 0.3 is 0 Å². The van der Waals surface area contributed by atoms with Gasteiger partial charge in [-0.15, -0.1) is 0 Å². The highest BCUT2D eigenvalue weighted by Crippen LogP contribution is 2.25. The minimum absolute atomic E-state index is 0.0120. The second kappa shape index (κ2) is 7.75. The molecule has 1 saturated heterocycles. The molecule has 0 aromatic heterocycles. The molecule has 0 unspecified atom stereocenters. The van der Waals surface area contributed by atoms with E-state index < -0.39 is 17.1 Å². The Morgan fingerprint density at radius 2 is 2.21 bits per heavy atom. The molecule has 0 spiro atoms. The number of likely N-dealkylation sites (tertiary alicyclic amines) is 1. The molecule has 19 heavy (non-hydrogen) atoms. The average molecular weight is 288 g/mol. The summed E-state index contributed by atoms with van der Waals surface area (Å²) in [6.07, 6.45) is 4.47. The van der Waals surface area contributed by atoms with Crippen LogP contribution in [0.15, 0.2) is 0 Å². The van der Waals surface area contributed by atoms with Gasteiger partial charge in [-0.05, 0) is 26.2 Å². The highest BCUT2D eigenvalue weighted by molar-refractivity contribution is 7.81. The van der Waals surface area contributed by atoms with Gasteiger partial charge in [-0.3, -0.25) is 14.8 Å². The van der Waals surface area contributed by atoms with E-state index in [0.717, 1.165) is 32.2 Å². The SMILES string of the molecule is CCCC[C@@H](C(=O)N1CCC[C@H]1C)[C@@H](S)C(=O)NO. The molecule has 1 rings (SSSR count). The molecular formula is C13H24N2O3S. The molecule has 2 amide bonds. The zero-order valence-electron chi connectivity index (χ0n) is 11.6. The van der Waals surface area contributed by atoms with E-state index in [0.29, 0.717) is 6.42 Å². The van der Waals surface area contributed by atoms with Crippen LogP contribution in [-0.2, 0) is 9.59 Å². The molecule has 1 aliphatic heterocycles. The highest BCUT2D eigenvalue weighted by Gasteiger charge is 2.36. The van der Waals surface area contributed by atoms with E-state index in [-0.39, 0.29) is 11.9 Å². The fourth-order valence-electron chi connectivity index (χ4n) is 2.56. The lowest BCUT2D eigenvalue weighted by Gasteiger charge is -2.29. The van der Waals surface area contributed by atoms with E-state index in [1.165, 1.54) is 0 Å². The van der Waals surface area contributed by atoms with Gasteiger partial charge in [-0.1, -0.05) is 19.8 Å². The average Bonchev–Trinajstić information content (AvgIpc) is 2.83. The van der Waals surface area contributed by atoms with Crippen molar-refractivity contribution in [3.05, 3.63) is 0 Å². The number of hydroxylamine groups is 1. The minimum atomic E-state index is -0.795. The van der Waals surface area contributed by atoms with Crippen LogP contribution in [0.5, 0.6) is 0 Å². The summed E-state index contributed by atoms with van der Waals surface area (Å²) >= 11 is 4.21. The topological polar surface area (TPSA) is 69.6 Å². The number of amides is 2. The van der Waals surface area contributed by atoms with Crippen molar-refractivity contribution in [2.75, 3.05) is 6.54 Å². The lowest BCUT2D eigenvalue weighted by Crippen LogP contribution is -2.45. The Kier molecular flexibility index (Phi) is 6.65. The number of unbranched alkanes of at least 4 members (excludes halogenated alkanes) is 1. The van der Waals surface area contributed by atoms with Crippen molar-refractivity contribution in [2.24, 2.45) is 5.92 Å². The number of hydrogen-bond donors (Lipinski definition) is 3. The fourth-order valence-corrected chi connectivity index (χ4v) is 2.90. The van der Waals surface area contributed by atoms with Crippen LogP contribution in [0.4, 0.5) is 0 Å². The van der Waals surface area contributed by atoms with Gasteiger partial charge in [0.25, 0.3) is 5.91 Å². The molecule has 1 heterocycles. The number of carbonyl (C=O) groups excluding carboxylic acids is 2. The Morgan fingerprint density at radius 3 is 2.68 bits per heavy atom. The zero-order chi connectivity index (χ0) is 14.4. The molecule has 0 bridgehead atoms. The first-order valence-electron chi connectivity index (χ1n) is 6.95. The maximum Gasteiger partial charge on any atom is 0.256 e. The summed E-state index contributed by atoms with van der Waals surface area (Å²) in [5.74, 6) is -1.08. The van der Waals surface area contributed by atoms with Crippen LogP contribution in [-0.4, -0.2) is 39.8 Å². The van der Waals surface area contributed by atoms with Gasteiger partial charge in [-0.2, -0.15) is 12.6 Å². The maximum absolute atomic E-state index is 12.5. The fraction of sp³-hybridized carbons (Fsp3) is 0.846. The smallest absolute Gasteiger partial charge is 0.256 e. The molecule has 0 saturated carbocycles. The summed E-state index contributed by atoms with van der Waals surface area (Å²) in [4.78, 5) is 25.9. The van der Waals surface area contributed by atoms with Crippen LogP contribution in [0, 0.1) is 5.92 Å². The van der Waals surface area contributed by atoms with E-state index >= 15 is 0 Å². The number of rotatable bonds is 6. The molecule has 0 radical (unpaired) electrons. The van der Waals surface area contributed by atoms with Gasteiger partial charge in [0.2, 0.25) is 5.91 Å². The van der Waals surface area contributed by atoms with Crippen molar-refractivity contribution >= 4 is 24.4 Å². The first kappa shape index (κ1) is 16.3. The van der Waals surface area contributed by atoms with Gasteiger partial charge in [0.15, 0.2) is 0 Å². The monoisotopic (exact) mass is 288 g/mol. The molecule has 0 aromatic rings. The van der Waals surface area contributed by atoms with Crippen LogP contribution in [0.1, 0.15) is 46.0 Å². The Morgan fingerprint density at radius 1 is 1.53 bits per heavy atom. The minimum Gasteiger partial charge on any atom is -0.340 e. The van der Waals surface area contributed by atoms with Gasteiger partial charge in [-0.25, -0.2) is 5.48 Å². The second-order valence-electron chi connectivity index (χ2n) is 5.19. The molecule has 110 valence electrons. The molecule has 0 aliphatic carbocycles. The maximum atomic E-state index is 12.5. The summed E-state index contributed by atoms with van der Waals surface area (Å²) in [7, 11) is 0. The first-order chi connectivity index (χ1) is 9.02. The summed E-state index contributed by atoms with van der Waals surface area (Å²) in [5.41, 5.74) is 1.59.